The summed E-state index contributed by atoms with van der Waals surface area (Å²) in [5, 5.41) is 7.40. The average molecular weight is 599 g/mol. The molecule has 1 amide bonds. The Morgan fingerprint density at radius 3 is 2.74 bits per heavy atom. The normalized spacial score (nSPS) is 13.0. The third-order valence-corrected chi connectivity index (χ3v) is 9.35. The van der Waals surface area contributed by atoms with Gasteiger partial charge in [0, 0.05) is 10.4 Å². The van der Waals surface area contributed by atoms with E-state index < -0.39 is 0 Å². The van der Waals surface area contributed by atoms with Gasteiger partial charge in [-0.05, 0) is 79.3 Å². The van der Waals surface area contributed by atoms with Crippen molar-refractivity contribution in [1.82, 2.24) is 15.0 Å². The van der Waals surface area contributed by atoms with E-state index in [0.717, 1.165) is 58.2 Å². The molecule has 0 fully saturated rings. The van der Waals surface area contributed by atoms with Gasteiger partial charge in [0.1, 0.15) is 16.3 Å². The minimum absolute atomic E-state index is 0.0318. The second-order valence-corrected chi connectivity index (χ2v) is 11.9. The number of hydrogen-bond donors (Lipinski definition) is 1. The molecule has 42 heavy (non-hydrogen) atoms. The molecule has 2 aromatic heterocycles. The molecule has 8 nitrogen and oxygen atoms in total. The maximum absolute atomic E-state index is 14.0. The van der Waals surface area contributed by atoms with Crippen molar-refractivity contribution in [3.05, 3.63) is 87.0 Å². The zero-order valence-corrected chi connectivity index (χ0v) is 25.0. The van der Waals surface area contributed by atoms with E-state index in [-0.39, 0.29) is 17.2 Å². The van der Waals surface area contributed by atoms with Crippen LogP contribution in [-0.2, 0) is 17.6 Å². The number of thiophene rings is 1. The number of carbonyl (C=O) groups excluding carboxylic acids is 1. The topological polar surface area (TPSA) is 94.8 Å². The van der Waals surface area contributed by atoms with Crippen LogP contribution in [-0.4, -0.2) is 41.1 Å². The molecule has 6 rings (SSSR count). The Kier molecular flexibility index (Phi) is 8.25. The van der Waals surface area contributed by atoms with Gasteiger partial charge in [-0.25, -0.2) is 10.4 Å². The third kappa shape index (κ3) is 5.52. The molecule has 0 saturated carbocycles. The molecule has 1 aliphatic carbocycles. The predicted octanol–water partition coefficient (Wildman–Crippen LogP) is 6.13. The van der Waals surface area contributed by atoms with Crippen molar-refractivity contribution in [3.8, 4) is 17.2 Å². The summed E-state index contributed by atoms with van der Waals surface area (Å²) >= 11 is 2.81. The van der Waals surface area contributed by atoms with Gasteiger partial charge in [-0.1, -0.05) is 42.1 Å². The summed E-state index contributed by atoms with van der Waals surface area (Å²) in [5.74, 6) is 1.11. The highest BCUT2D eigenvalue weighted by Gasteiger charge is 2.23. The maximum atomic E-state index is 14.0. The highest BCUT2D eigenvalue weighted by molar-refractivity contribution is 7.99. The summed E-state index contributed by atoms with van der Waals surface area (Å²) in [6, 6.07) is 19.2. The van der Waals surface area contributed by atoms with E-state index in [0.29, 0.717) is 28.6 Å². The number of aromatic nitrogens is 2. The number of hydrogen-bond acceptors (Lipinski definition) is 8. The number of ether oxygens (including phenoxy) is 2. The molecule has 0 unspecified atom stereocenters. The minimum Gasteiger partial charge on any atom is -0.496 e. The Morgan fingerprint density at radius 1 is 1.12 bits per heavy atom. The lowest BCUT2D eigenvalue weighted by molar-refractivity contribution is -0.118. The maximum Gasteiger partial charge on any atom is 0.267 e. The van der Waals surface area contributed by atoms with E-state index in [1.807, 2.05) is 67.6 Å². The van der Waals surface area contributed by atoms with Gasteiger partial charge in [-0.3, -0.25) is 14.2 Å². The summed E-state index contributed by atoms with van der Waals surface area (Å²) < 4.78 is 12.7. The van der Waals surface area contributed by atoms with Crippen LogP contribution >= 0.6 is 23.1 Å². The summed E-state index contributed by atoms with van der Waals surface area (Å²) in [6.07, 6.45) is 5.66. The quantitative estimate of drug-likeness (QED) is 0.0950. The van der Waals surface area contributed by atoms with Crippen molar-refractivity contribution in [1.29, 1.82) is 0 Å². The van der Waals surface area contributed by atoms with Crippen LogP contribution in [0.15, 0.2) is 75.7 Å². The van der Waals surface area contributed by atoms with Gasteiger partial charge in [-0.2, -0.15) is 5.10 Å². The van der Waals surface area contributed by atoms with Gasteiger partial charge in [0.05, 0.1) is 36.8 Å². The highest BCUT2D eigenvalue weighted by Crippen LogP contribution is 2.35. The van der Waals surface area contributed by atoms with Gasteiger partial charge in [-0.15, -0.1) is 11.3 Å². The van der Waals surface area contributed by atoms with E-state index in [2.05, 4.69) is 10.5 Å². The van der Waals surface area contributed by atoms with E-state index in [9.17, 15) is 9.59 Å². The lowest BCUT2D eigenvalue weighted by Gasteiger charge is -2.14. The Balaban J connectivity index is 1.27. The van der Waals surface area contributed by atoms with Crippen LogP contribution in [0.3, 0.4) is 0 Å². The number of thioether (sulfide) groups is 1. The van der Waals surface area contributed by atoms with Crippen LogP contribution in [0.25, 0.3) is 26.7 Å². The minimum atomic E-state index is -0.312. The number of methoxy groups -OCH3 is 1. The Labute approximate surface area is 251 Å². The monoisotopic (exact) mass is 598 g/mol. The van der Waals surface area contributed by atoms with Crippen molar-refractivity contribution in [2.24, 2.45) is 5.10 Å². The molecule has 0 atom stereocenters. The molecule has 0 aliphatic heterocycles. The Bertz CT molecular complexity index is 1860. The zero-order chi connectivity index (χ0) is 29.1. The SMILES string of the molecule is CCOc1ccc(-n2c(SCC(=O)NN=Cc3c(OC)ccc4ccccc34)nc3sc4c(c3c2=O)CCCC4)cc1. The molecule has 5 aromatic rings. The van der Waals surface area contributed by atoms with Crippen LogP contribution in [0.1, 0.15) is 35.8 Å². The van der Waals surface area contributed by atoms with Crippen LogP contribution in [0.5, 0.6) is 11.5 Å². The van der Waals surface area contributed by atoms with Gasteiger partial charge in [0.15, 0.2) is 5.16 Å². The first-order valence-corrected chi connectivity index (χ1v) is 15.7. The molecule has 0 spiro atoms. The van der Waals surface area contributed by atoms with Crippen molar-refractivity contribution in [2.45, 2.75) is 37.8 Å². The van der Waals surface area contributed by atoms with Gasteiger partial charge in [0.25, 0.3) is 11.5 Å². The Hall–Kier alpha value is -4.15. The summed E-state index contributed by atoms with van der Waals surface area (Å²) in [5.41, 5.74) is 5.10. The number of carbonyl (C=O) groups is 1. The zero-order valence-electron chi connectivity index (χ0n) is 23.4. The number of rotatable bonds is 9. The predicted molar refractivity (Wildman–Crippen MR) is 170 cm³/mol. The van der Waals surface area contributed by atoms with Crippen LogP contribution in [0, 0.1) is 0 Å². The number of amides is 1. The largest absolute Gasteiger partial charge is 0.496 e. The second-order valence-electron chi connectivity index (χ2n) is 9.84. The average Bonchev–Trinajstić information content (AvgIpc) is 3.39. The smallest absolute Gasteiger partial charge is 0.267 e. The summed E-state index contributed by atoms with van der Waals surface area (Å²) in [7, 11) is 1.61. The number of nitrogens with zero attached hydrogens (tertiary/aromatic N) is 3. The number of aryl methyl sites for hydroxylation is 2. The molecular weight excluding hydrogens is 569 g/mol. The molecular formula is C32H30N4O4S2. The Morgan fingerprint density at radius 2 is 1.93 bits per heavy atom. The summed E-state index contributed by atoms with van der Waals surface area (Å²) in [6.45, 7) is 2.48. The van der Waals surface area contributed by atoms with E-state index in [1.165, 1.54) is 16.6 Å². The number of nitrogens with one attached hydrogen (secondary N) is 1. The van der Waals surface area contributed by atoms with Crippen molar-refractivity contribution in [3.63, 3.8) is 0 Å². The highest BCUT2D eigenvalue weighted by atomic mass is 32.2. The van der Waals surface area contributed by atoms with E-state index >= 15 is 0 Å². The van der Waals surface area contributed by atoms with Gasteiger partial charge in [0.2, 0.25) is 0 Å². The number of hydrazone groups is 1. The molecule has 214 valence electrons. The molecule has 1 aliphatic rings. The van der Waals surface area contributed by atoms with Crippen molar-refractivity contribution >= 4 is 56.2 Å². The van der Waals surface area contributed by atoms with Gasteiger partial charge < -0.3 is 9.47 Å². The molecule has 10 heteroatoms. The van der Waals surface area contributed by atoms with Crippen LogP contribution < -0.4 is 20.5 Å². The second kappa shape index (κ2) is 12.4. The van der Waals surface area contributed by atoms with Crippen molar-refractivity contribution in [2.75, 3.05) is 19.5 Å². The fourth-order valence-corrected chi connectivity index (χ4v) is 7.39. The lowest BCUT2D eigenvalue weighted by atomic mass is 9.97. The first-order chi connectivity index (χ1) is 20.6. The van der Waals surface area contributed by atoms with Crippen molar-refractivity contribution < 1.29 is 14.3 Å². The molecule has 2 heterocycles. The summed E-state index contributed by atoms with van der Waals surface area (Å²) in [4.78, 5) is 33.8. The fourth-order valence-electron chi connectivity index (χ4n) is 5.29. The van der Waals surface area contributed by atoms with E-state index in [4.69, 9.17) is 14.5 Å². The first-order valence-electron chi connectivity index (χ1n) is 13.9. The molecule has 1 N–H and O–H groups in total. The van der Waals surface area contributed by atoms with Crippen LogP contribution in [0.4, 0.5) is 0 Å². The molecule has 0 bridgehead atoms. The standard InChI is InChI=1S/C32H30N4O4S2/c1-3-40-22-15-13-21(14-16-22)36-31(38)29-24-10-6-7-11-27(24)42-30(29)34-32(36)41-19-28(37)35-33-18-25-23-9-5-4-8-20(23)12-17-26(25)39-2/h4-5,8-9,12-18H,3,6-7,10-11,19H2,1-2H3,(H,35,37). The number of benzene rings is 3. The lowest BCUT2D eigenvalue weighted by Crippen LogP contribution is -2.24. The third-order valence-electron chi connectivity index (χ3n) is 7.23. The molecule has 3 aromatic carbocycles. The fraction of sp³-hybridized carbons (Fsp3) is 0.250. The van der Waals surface area contributed by atoms with Gasteiger partial charge >= 0.3 is 0 Å². The molecule has 0 saturated heterocycles. The molecule has 0 radical (unpaired) electrons. The first kappa shape index (κ1) is 28.0. The number of fused-ring (bicyclic) bond motifs is 4. The van der Waals surface area contributed by atoms with E-state index in [1.54, 1.807) is 29.2 Å². The van der Waals surface area contributed by atoms with Crippen LogP contribution in [0.2, 0.25) is 0 Å².